The summed E-state index contributed by atoms with van der Waals surface area (Å²) in [6, 6.07) is 24.1. The maximum Gasteiger partial charge on any atom is 0.344 e. The second-order valence-electron chi connectivity index (χ2n) is 6.61. The van der Waals surface area contributed by atoms with Crippen molar-refractivity contribution in [3.05, 3.63) is 90.0 Å². The first-order chi connectivity index (χ1) is 14.6. The summed E-state index contributed by atoms with van der Waals surface area (Å²) in [6.45, 7) is 1.75. The molecule has 0 saturated carbocycles. The molecule has 0 spiro atoms. The molecule has 1 N–H and O–H groups in total. The summed E-state index contributed by atoms with van der Waals surface area (Å²) >= 11 is 0. The number of carbonyl (C=O) groups is 2. The van der Waals surface area contributed by atoms with Gasteiger partial charge in [-0.05, 0) is 54.4 Å². The molecule has 0 aromatic heterocycles. The zero-order valence-electron chi connectivity index (χ0n) is 16.7. The van der Waals surface area contributed by atoms with E-state index in [0.717, 1.165) is 11.1 Å². The summed E-state index contributed by atoms with van der Waals surface area (Å²) in [4.78, 5) is 23.7. The highest BCUT2D eigenvalue weighted by molar-refractivity contribution is 5.92. The second-order valence-corrected chi connectivity index (χ2v) is 6.61. The van der Waals surface area contributed by atoms with E-state index in [1.807, 2.05) is 55.5 Å². The van der Waals surface area contributed by atoms with Crippen molar-refractivity contribution in [2.75, 3.05) is 18.5 Å². The lowest BCUT2D eigenvalue weighted by atomic mass is 10.2. The number of aryl methyl sites for hydroxylation is 1. The number of anilines is 1. The quantitative estimate of drug-likeness (QED) is 0.542. The molecule has 0 atom stereocenters. The van der Waals surface area contributed by atoms with Crippen molar-refractivity contribution in [2.45, 2.75) is 13.5 Å². The molecule has 30 heavy (non-hydrogen) atoms. The van der Waals surface area contributed by atoms with Gasteiger partial charge in [-0.25, -0.2) is 4.79 Å². The van der Waals surface area contributed by atoms with Crippen LogP contribution in [-0.4, -0.2) is 25.1 Å². The van der Waals surface area contributed by atoms with Gasteiger partial charge in [0.05, 0.1) is 0 Å². The van der Waals surface area contributed by atoms with Crippen LogP contribution in [-0.2, 0) is 20.9 Å². The van der Waals surface area contributed by atoms with Gasteiger partial charge in [-0.1, -0.05) is 42.5 Å². The summed E-state index contributed by atoms with van der Waals surface area (Å²) < 4.78 is 16.0. The van der Waals surface area contributed by atoms with Gasteiger partial charge >= 0.3 is 5.97 Å². The minimum Gasteiger partial charge on any atom is -0.489 e. The molecule has 6 nitrogen and oxygen atoms in total. The van der Waals surface area contributed by atoms with E-state index in [1.54, 1.807) is 30.3 Å². The fourth-order valence-corrected chi connectivity index (χ4v) is 2.61. The lowest BCUT2D eigenvalue weighted by Gasteiger charge is -2.09. The van der Waals surface area contributed by atoms with Gasteiger partial charge in [0.2, 0.25) is 0 Å². The number of hydrogen-bond donors (Lipinski definition) is 1. The highest BCUT2D eigenvalue weighted by Gasteiger charge is 2.09. The Morgan fingerprint density at radius 2 is 1.57 bits per heavy atom. The van der Waals surface area contributed by atoms with E-state index in [-0.39, 0.29) is 13.2 Å². The van der Waals surface area contributed by atoms with Gasteiger partial charge in [0.25, 0.3) is 5.91 Å². The second kappa shape index (κ2) is 10.7. The minimum absolute atomic E-state index is 0.260. The van der Waals surface area contributed by atoms with E-state index in [2.05, 4.69) is 5.32 Å². The number of carbonyl (C=O) groups excluding carboxylic acids is 2. The molecule has 0 aliphatic rings. The molecule has 3 aromatic carbocycles. The zero-order valence-corrected chi connectivity index (χ0v) is 16.7. The van der Waals surface area contributed by atoms with Crippen molar-refractivity contribution < 1.29 is 23.8 Å². The lowest BCUT2D eigenvalue weighted by Crippen LogP contribution is -2.23. The minimum atomic E-state index is -0.615. The molecule has 0 aliphatic carbocycles. The number of ether oxygens (including phenoxy) is 3. The summed E-state index contributed by atoms with van der Waals surface area (Å²) in [7, 11) is 0. The maximum absolute atomic E-state index is 12.0. The van der Waals surface area contributed by atoms with E-state index in [0.29, 0.717) is 23.8 Å². The molecule has 6 heteroatoms. The van der Waals surface area contributed by atoms with E-state index < -0.39 is 11.9 Å². The predicted octanol–water partition coefficient (Wildman–Crippen LogP) is 4.13. The SMILES string of the molecule is Cc1cccc(OCC(=O)OCC(=O)Nc2ccc(OCc3ccccc3)cc2)c1. The van der Waals surface area contributed by atoms with Crippen molar-refractivity contribution in [1.82, 2.24) is 0 Å². The number of amides is 1. The van der Waals surface area contributed by atoms with Crippen molar-refractivity contribution in [1.29, 1.82) is 0 Å². The van der Waals surface area contributed by atoms with Gasteiger partial charge in [0.1, 0.15) is 18.1 Å². The number of nitrogens with one attached hydrogen (secondary N) is 1. The average molecular weight is 405 g/mol. The first kappa shape index (κ1) is 20.9. The zero-order chi connectivity index (χ0) is 21.2. The number of hydrogen-bond acceptors (Lipinski definition) is 5. The third-order valence-corrected chi connectivity index (χ3v) is 4.10. The monoisotopic (exact) mass is 405 g/mol. The highest BCUT2D eigenvalue weighted by atomic mass is 16.6. The van der Waals surface area contributed by atoms with Crippen LogP contribution in [0.25, 0.3) is 0 Å². The van der Waals surface area contributed by atoms with Gasteiger partial charge in [-0.3, -0.25) is 4.79 Å². The average Bonchev–Trinajstić information content (AvgIpc) is 2.76. The van der Waals surface area contributed by atoms with Crippen LogP contribution in [0.5, 0.6) is 11.5 Å². The number of esters is 1. The Morgan fingerprint density at radius 3 is 2.30 bits per heavy atom. The van der Waals surface area contributed by atoms with Gasteiger partial charge in [0, 0.05) is 5.69 Å². The number of benzene rings is 3. The van der Waals surface area contributed by atoms with Crippen molar-refractivity contribution in [2.24, 2.45) is 0 Å². The fraction of sp³-hybridized carbons (Fsp3) is 0.167. The highest BCUT2D eigenvalue weighted by Crippen LogP contribution is 2.17. The lowest BCUT2D eigenvalue weighted by molar-refractivity contribution is -0.149. The smallest absolute Gasteiger partial charge is 0.344 e. The van der Waals surface area contributed by atoms with Gasteiger partial charge in [-0.15, -0.1) is 0 Å². The third kappa shape index (κ3) is 6.98. The first-order valence-electron chi connectivity index (χ1n) is 9.50. The van der Waals surface area contributed by atoms with E-state index in [9.17, 15) is 9.59 Å². The Hall–Kier alpha value is -3.80. The molecule has 0 bridgehead atoms. The molecule has 154 valence electrons. The number of rotatable bonds is 9. The Bertz CT molecular complexity index is 970. The molecule has 0 radical (unpaired) electrons. The van der Waals surface area contributed by atoms with Crippen LogP contribution in [0.1, 0.15) is 11.1 Å². The van der Waals surface area contributed by atoms with Crippen molar-refractivity contribution in [3.63, 3.8) is 0 Å². The summed E-state index contributed by atoms with van der Waals surface area (Å²) in [6.07, 6.45) is 0. The standard InChI is InChI=1S/C24H23NO5/c1-18-6-5-9-22(14-18)29-17-24(27)30-16-23(26)25-20-10-12-21(13-11-20)28-15-19-7-3-2-4-8-19/h2-14H,15-17H2,1H3,(H,25,26). The van der Waals surface area contributed by atoms with E-state index in [4.69, 9.17) is 14.2 Å². The van der Waals surface area contributed by atoms with Crippen LogP contribution < -0.4 is 14.8 Å². The molecule has 3 aromatic rings. The van der Waals surface area contributed by atoms with Crippen LogP contribution >= 0.6 is 0 Å². The summed E-state index contributed by atoms with van der Waals surface area (Å²) in [5.74, 6) is 0.218. The van der Waals surface area contributed by atoms with Crippen LogP contribution in [0.2, 0.25) is 0 Å². The van der Waals surface area contributed by atoms with Crippen molar-refractivity contribution in [3.8, 4) is 11.5 Å². The molecule has 0 fully saturated rings. The van der Waals surface area contributed by atoms with Crippen molar-refractivity contribution >= 4 is 17.6 Å². The Balaban J connectivity index is 1.37. The molecule has 3 rings (SSSR count). The molecule has 0 heterocycles. The molecule has 1 amide bonds. The van der Waals surface area contributed by atoms with Crippen LogP contribution in [0.4, 0.5) is 5.69 Å². The van der Waals surface area contributed by atoms with Gasteiger partial charge < -0.3 is 19.5 Å². The Morgan fingerprint density at radius 1 is 0.800 bits per heavy atom. The summed E-state index contributed by atoms with van der Waals surface area (Å²) in [5, 5.41) is 2.67. The Kier molecular flexibility index (Phi) is 7.44. The molecule has 0 saturated heterocycles. The summed E-state index contributed by atoms with van der Waals surface area (Å²) in [5.41, 5.74) is 2.68. The van der Waals surface area contributed by atoms with Crippen LogP contribution in [0.3, 0.4) is 0 Å². The maximum atomic E-state index is 12.0. The van der Waals surface area contributed by atoms with E-state index in [1.165, 1.54) is 0 Å². The first-order valence-corrected chi connectivity index (χ1v) is 9.50. The fourth-order valence-electron chi connectivity index (χ4n) is 2.61. The topological polar surface area (TPSA) is 73.9 Å². The molecule has 0 aliphatic heterocycles. The predicted molar refractivity (Wildman–Crippen MR) is 113 cm³/mol. The molecule has 0 unspecified atom stereocenters. The van der Waals surface area contributed by atoms with Crippen LogP contribution in [0.15, 0.2) is 78.9 Å². The normalized spacial score (nSPS) is 10.2. The van der Waals surface area contributed by atoms with Crippen LogP contribution in [0, 0.1) is 6.92 Å². The van der Waals surface area contributed by atoms with Gasteiger partial charge in [0.15, 0.2) is 13.2 Å². The Labute approximate surface area is 175 Å². The molecular formula is C24H23NO5. The third-order valence-electron chi connectivity index (χ3n) is 4.10. The largest absolute Gasteiger partial charge is 0.489 e. The van der Waals surface area contributed by atoms with Gasteiger partial charge in [-0.2, -0.15) is 0 Å². The molecular weight excluding hydrogens is 382 g/mol. The van der Waals surface area contributed by atoms with E-state index >= 15 is 0 Å².